The minimum atomic E-state index is -3.44. The van der Waals surface area contributed by atoms with Crippen LogP contribution in [0.2, 0.25) is 19.6 Å². The summed E-state index contributed by atoms with van der Waals surface area (Å²) in [5, 5.41) is 9.14. The number of hydrogen-bond acceptors (Lipinski definition) is 4. The Labute approximate surface area is 113 Å². The number of rotatable bonds is 5. The van der Waals surface area contributed by atoms with Crippen molar-refractivity contribution >= 4 is 30.0 Å². The summed E-state index contributed by atoms with van der Waals surface area (Å²) in [6, 6.07) is 4.19. The van der Waals surface area contributed by atoms with E-state index < -0.39 is 24.3 Å². The number of aromatic carboxylic acids is 1. The number of sulfonamides is 1. The molecule has 0 saturated heterocycles. The van der Waals surface area contributed by atoms with E-state index in [4.69, 9.17) is 9.53 Å². The lowest BCUT2D eigenvalue weighted by Crippen LogP contribution is -2.30. The van der Waals surface area contributed by atoms with Crippen molar-refractivity contribution in [3.05, 3.63) is 23.8 Å². The fourth-order valence-corrected chi connectivity index (χ4v) is 2.79. The van der Waals surface area contributed by atoms with E-state index in [2.05, 4.69) is 4.72 Å². The first-order chi connectivity index (χ1) is 8.48. The molecule has 106 valence electrons. The van der Waals surface area contributed by atoms with Crippen LogP contribution in [0.4, 0.5) is 5.69 Å². The van der Waals surface area contributed by atoms with Crippen LogP contribution in [0.5, 0.6) is 5.75 Å². The van der Waals surface area contributed by atoms with Gasteiger partial charge in [-0.1, -0.05) is 0 Å². The third kappa shape index (κ3) is 5.31. The molecule has 0 heterocycles. The van der Waals surface area contributed by atoms with Crippen molar-refractivity contribution in [1.29, 1.82) is 0 Å². The van der Waals surface area contributed by atoms with Gasteiger partial charge in [-0.05, 0) is 37.8 Å². The van der Waals surface area contributed by atoms with E-state index in [1.165, 1.54) is 18.2 Å². The number of carboxylic acids is 1. The second-order valence-electron chi connectivity index (χ2n) is 5.10. The van der Waals surface area contributed by atoms with E-state index in [0.717, 1.165) is 6.26 Å². The summed E-state index contributed by atoms with van der Waals surface area (Å²) in [4.78, 5) is 11.2. The van der Waals surface area contributed by atoms with Crippen LogP contribution in [0.1, 0.15) is 10.4 Å². The van der Waals surface area contributed by atoms with Crippen LogP contribution < -0.4 is 9.15 Å². The highest BCUT2D eigenvalue weighted by molar-refractivity contribution is 7.92. The van der Waals surface area contributed by atoms with Crippen molar-refractivity contribution in [3.8, 4) is 5.75 Å². The van der Waals surface area contributed by atoms with Crippen LogP contribution >= 0.6 is 0 Å². The van der Waals surface area contributed by atoms with E-state index in [0.29, 0.717) is 0 Å². The predicted octanol–water partition coefficient (Wildman–Crippen LogP) is 1.97. The number of benzene rings is 1. The van der Waals surface area contributed by atoms with Crippen LogP contribution in [0.15, 0.2) is 18.2 Å². The molecule has 6 nitrogen and oxygen atoms in total. The third-order valence-electron chi connectivity index (χ3n) is 1.93. The Kier molecular flexibility index (Phi) is 4.26. The molecule has 0 aliphatic heterocycles. The maximum Gasteiger partial charge on any atom is 0.339 e. The molecule has 0 aromatic heterocycles. The number of carboxylic acid groups (broad SMARTS) is 1. The first-order valence-electron chi connectivity index (χ1n) is 5.52. The zero-order valence-corrected chi connectivity index (χ0v) is 13.0. The van der Waals surface area contributed by atoms with Crippen molar-refractivity contribution in [2.45, 2.75) is 19.6 Å². The molecule has 0 aliphatic carbocycles. The fraction of sp³-hybridized carbons (Fsp3) is 0.364. The highest BCUT2D eigenvalue weighted by Gasteiger charge is 2.21. The third-order valence-corrected chi connectivity index (χ3v) is 3.37. The van der Waals surface area contributed by atoms with Gasteiger partial charge >= 0.3 is 5.97 Å². The van der Waals surface area contributed by atoms with E-state index in [1.54, 1.807) is 0 Å². The SMILES string of the molecule is C[Si](C)(C)Oc1ccc(NS(C)(=O)=O)cc1C(=O)O. The second kappa shape index (κ2) is 5.22. The molecule has 0 aliphatic rings. The van der Waals surface area contributed by atoms with Gasteiger partial charge in [-0.3, -0.25) is 4.72 Å². The molecular formula is C11H17NO5SSi. The summed E-state index contributed by atoms with van der Waals surface area (Å²) >= 11 is 0. The summed E-state index contributed by atoms with van der Waals surface area (Å²) in [5.74, 6) is -0.906. The summed E-state index contributed by atoms with van der Waals surface area (Å²) in [5.41, 5.74) is 0.138. The Morgan fingerprint density at radius 3 is 2.32 bits per heavy atom. The fourth-order valence-electron chi connectivity index (χ4n) is 1.39. The van der Waals surface area contributed by atoms with Crippen molar-refractivity contribution in [1.82, 2.24) is 0 Å². The van der Waals surface area contributed by atoms with Crippen LogP contribution in [0.25, 0.3) is 0 Å². The van der Waals surface area contributed by atoms with Crippen LogP contribution in [-0.2, 0) is 10.0 Å². The lowest BCUT2D eigenvalue weighted by molar-refractivity contribution is 0.0695. The molecule has 0 radical (unpaired) electrons. The monoisotopic (exact) mass is 303 g/mol. The van der Waals surface area contributed by atoms with E-state index >= 15 is 0 Å². The molecule has 1 aromatic rings. The number of anilines is 1. The van der Waals surface area contributed by atoms with Gasteiger partial charge in [0.05, 0.1) is 6.26 Å². The highest BCUT2D eigenvalue weighted by Crippen LogP contribution is 2.26. The standard InChI is InChI=1S/C11H17NO5SSi/c1-18(15,16)12-8-5-6-10(17-19(2,3)4)9(7-8)11(13)14/h5-7,12H,1-4H3,(H,13,14). The first kappa shape index (κ1) is 15.5. The molecular weight excluding hydrogens is 286 g/mol. The highest BCUT2D eigenvalue weighted by atomic mass is 32.2. The van der Waals surface area contributed by atoms with Crippen molar-refractivity contribution in [2.24, 2.45) is 0 Å². The number of nitrogens with one attached hydrogen (secondary N) is 1. The largest absolute Gasteiger partial charge is 0.544 e. The summed E-state index contributed by atoms with van der Waals surface area (Å²) in [6.07, 6.45) is 1.000. The molecule has 2 N–H and O–H groups in total. The molecule has 0 spiro atoms. The molecule has 0 saturated carbocycles. The Morgan fingerprint density at radius 2 is 1.89 bits per heavy atom. The van der Waals surface area contributed by atoms with E-state index in [1.807, 2.05) is 19.6 Å². The van der Waals surface area contributed by atoms with Gasteiger partial charge in [0.2, 0.25) is 18.3 Å². The Bertz CT molecular complexity index is 592. The average Bonchev–Trinajstić information content (AvgIpc) is 2.15. The van der Waals surface area contributed by atoms with Gasteiger partial charge in [-0.15, -0.1) is 0 Å². The number of carbonyl (C=O) groups is 1. The summed E-state index contributed by atoms with van der Waals surface area (Å²) in [6.45, 7) is 5.80. The second-order valence-corrected chi connectivity index (χ2v) is 11.3. The molecule has 8 heteroatoms. The van der Waals surface area contributed by atoms with Gasteiger partial charge in [0.25, 0.3) is 0 Å². The van der Waals surface area contributed by atoms with E-state index in [9.17, 15) is 13.2 Å². The Balaban J connectivity index is 3.19. The molecule has 0 amide bonds. The lowest BCUT2D eigenvalue weighted by Gasteiger charge is -2.21. The Morgan fingerprint density at radius 1 is 1.32 bits per heavy atom. The van der Waals surface area contributed by atoms with Gasteiger partial charge in [0.15, 0.2) is 0 Å². The molecule has 19 heavy (non-hydrogen) atoms. The van der Waals surface area contributed by atoms with Gasteiger partial charge in [-0.25, -0.2) is 13.2 Å². The minimum Gasteiger partial charge on any atom is -0.544 e. The van der Waals surface area contributed by atoms with Gasteiger partial charge in [-0.2, -0.15) is 0 Å². The predicted molar refractivity (Wildman–Crippen MR) is 75.8 cm³/mol. The maximum atomic E-state index is 11.2. The first-order valence-corrected chi connectivity index (χ1v) is 10.8. The summed E-state index contributed by atoms with van der Waals surface area (Å²) < 4.78 is 30.1. The average molecular weight is 303 g/mol. The minimum absolute atomic E-state index is 0.0592. The van der Waals surface area contributed by atoms with Gasteiger partial charge < -0.3 is 9.53 Å². The van der Waals surface area contributed by atoms with Crippen LogP contribution in [-0.4, -0.2) is 34.1 Å². The quantitative estimate of drug-likeness (QED) is 0.811. The van der Waals surface area contributed by atoms with Crippen LogP contribution in [0.3, 0.4) is 0 Å². The van der Waals surface area contributed by atoms with Crippen molar-refractivity contribution in [3.63, 3.8) is 0 Å². The summed E-state index contributed by atoms with van der Waals surface area (Å²) in [7, 11) is -5.38. The van der Waals surface area contributed by atoms with Crippen molar-refractivity contribution in [2.75, 3.05) is 11.0 Å². The smallest absolute Gasteiger partial charge is 0.339 e. The molecule has 0 atom stereocenters. The number of hydrogen-bond donors (Lipinski definition) is 2. The van der Waals surface area contributed by atoms with E-state index in [-0.39, 0.29) is 17.0 Å². The molecule has 0 fully saturated rings. The Hall–Kier alpha value is -1.54. The van der Waals surface area contributed by atoms with Crippen molar-refractivity contribution < 1.29 is 22.7 Å². The molecule has 1 aromatic carbocycles. The maximum absolute atomic E-state index is 11.2. The zero-order valence-electron chi connectivity index (χ0n) is 11.2. The van der Waals surface area contributed by atoms with Crippen LogP contribution in [0, 0.1) is 0 Å². The normalized spacial score (nSPS) is 12.0. The molecule has 1 rings (SSSR count). The molecule has 0 bridgehead atoms. The lowest BCUT2D eigenvalue weighted by atomic mass is 10.2. The van der Waals surface area contributed by atoms with Gasteiger partial charge in [0, 0.05) is 5.69 Å². The van der Waals surface area contributed by atoms with Gasteiger partial charge in [0.1, 0.15) is 11.3 Å². The topological polar surface area (TPSA) is 92.7 Å². The zero-order chi connectivity index (χ0) is 14.8. The molecule has 0 unspecified atom stereocenters.